The first-order valence-electron chi connectivity index (χ1n) is 8.25. The highest BCUT2D eigenvalue weighted by Gasteiger charge is 2.23. The van der Waals surface area contributed by atoms with Crippen LogP contribution < -0.4 is 9.64 Å². The number of rotatable bonds is 6. The molecule has 28 heavy (non-hydrogen) atoms. The number of carbonyl (C=O) groups excluding carboxylic acids is 1. The minimum Gasteiger partial charge on any atom is -0.497 e. The molecule has 0 fully saturated rings. The Hall–Kier alpha value is -1.38. The molecule has 0 atom stereocenters. The second-order valence-corrected chi connectivity index (χ2v) is 8.55. The summed E-state index contributed by atoms with van der Waals surface area (Å²) in [6.45, 7) is 1.21. The van der Waals surface area contributed by atoms with Gasteiger partial charge in [0.2, 0.25) is 0 Å². The van der Waals surface area contributed by atoms with Gasteiger partial charge in [-0.3, -0.25) is 9.69 Å². The van der Waals surface area contributed by atoms with Gasteiger partial charge in [0.05, 0.1) is 27.9 Å². The van der Waals surface area contributed by atoms with E-state index in [0.29, 0.717) is 28.8 Å². The van der Waals surface area contributed by atoms with Crippen molar-refractivity contribution in [3.05, 3.63) is 51.5 Å². The Kier molecular flexibility index (Phi) is 8.09. The highest BCUT2D eigenvalue weighted by molar-refractivity contribution is 9.10. The van der Waals surface area contributed by atoms with Crippen LogP contribution in [0.25, 0.3) is 10.2 Å². The summed E-state index contributed by atoms with van der Waals surface area (Å²) < 4.78 is 7.05. The Labute approximate surface area is 187 Å². The van der Waals surface area contributed by atoms with E-state index in [1.807, 2.05) is 43.3 Å². The van der Waals surface area contributed by atoms with Crippen LogP contribution in [-0.2, 0) is 0 Å². The lowest BCUT2D eigenvalue weighted by Gasteiger charge is -2.22. The first-order chi connectivity index (χ1) is 12.9. The van der Waals surface area contributed by atoms with Gasteiger partial charge in [-0.2, -0.15) is 0 Å². The summed E-state index contributed by atoms with van der Waals surface area (Å²) in [5, 5.41) is 1.06. The standard InChI is InChI=1S/C19H19BrClN3O2S.ClH/c1-23(2)8-9-24(18(25)14-10-12(20)4-6-15(14)21)19-22-16-7-5-13(26-3)11-17(16)27-19;/h4-7,10-11H,8-9H2,1-3H3;1H. The van der Waals surface area contributed by atoms with Gasteiger partial charge in [-0.05, 0) is 50.5 Å². The van der Waals surface area contributed by atoms with Gasteiger partial charge in [0, 0.05) is 17.6 Å². The Morgan fingerprint density at radius 1 is 1.21 bits per heavy atom. The van der Waals surface area contributed by atoms with Crippen LogP contribution in [0, 0.1) is 0 Å². The molecular weight excluding hydrogens is 485 g/mol. The highest BCUT2D eigenvalue weighted by atomic mass is 79.9. The van der Waals surface area contributed by atoms with E-state index in [4.69, 9.17) is 16.3 Å². The number of methoxy groups -OCH3 is 1. The molecule has 3 aromatic rings. The zero-order valence-electron chi connectivity index (χ0n) is 15.6. The van der Waals surface area contributed by atoms with Crippen LogP contribution in [-0.4, -0.2) is 50.1 Å². The molecule has 0 unspecified atom stereocenters. The van der Waals surface area contributed by atoms with Gasteiger partial charge >= 0.3 is 0 Å². The second-order valence-electron chi connectivity index (χ2n) is 6.21. The van der Waals surface area contributed by atoms with Crippen molar-refractivity contribution in [3.8, 4) is 5.75 Å². The zero-order chi connectivity index (χ0) is 19.6. The fourth-order valence-electron chi connectivity index (χ4n) is 2.53. The predicted octanol–water partition coefficient (Wildman–Crippen LogP) is 5.35. The van der Waals surface area contributed by atoms with Crippen LogP contribution in [0.2, 0.25) is 5.02 Å². The van der Waals surface area contributed by atoms with Gasteiger partial charge in [-0.25, -0.2) is 4.98 Å². The Morgan fingerprint density at radius 3 is 2.64 bits per heavy atom. The van der Waals surface area contributed by atoms with Crippen molar-refractivity contribution in [2.75, 3.05) is 39.2 Å². The van der Waals surface area contributed by atoms with Crippen LogP contribution >= 0.6 is 51.3 Å². The molecule has 2 aromatic carbocycles. The van der Waals surface area contributed by atoms with E-state index >= 15 is 0 Å². The SMILES string of the molecule is COc1ccc2nc(N(CCN(C)C)C(=O)c3cc(Br)ccc3Cl)sc2c1.Cl. The molecule has 1 aromatic heterocycles. The third-order valence-corrected chi connectivity index (χ3v) is 5.85. The number of amides is 1. The summed E-state index contributed by atoms with van der Waals surface area (Å²) in [6, 6.07) is 11.0. The summed E-state index contributed by atoms with van der Waals surface area (Å²) in [6.07, 6.45) is 0. The number of anilines is 1. The van der Waals surface area contributed by atoms with Crippen molar-refractivity contribution in [1.82, 2.24) is 9.88 Å². The predicted molar refractivity (Wildman–Crippen MR) is 123 cm³/mol. The summed E-state index contributed by atoms with van der Waals surface area (Å²) >= 11 is 11.2. The number of ether oxygens (including phenoxy) is 1. The highest BCUT2D eigenvalue weighted by Crippen LogP contribution is 2.33. The van der Waals surface area contributed by atoms with Crippen molar-refractivity contribution in [2.45, 2.75) is 0 Å². The van der Waals surface area contributed by atoms with Crippen LogP contribution in [0.15, 0.2) is 40.9 Å². The monoisotopic (exact) mass is 503 g/mol. The molecule has 5 nitrogen and oxygen atoms in total. The van der Waals surface area contributed by atoms with Crippen LogP contribution in [0.5, 0.6) is 5.75 Å². The van der Waals surface area contributed by atoms with Crippen molar-refractivity contribution in [1.29, 1.82) is 0 Å². The number of likely N-dealkylation sites (N-methyl/N-ethyl adjacent to an activating group) is 1. The van der Waals surface area contributed by atoms with E-state index in [1.54, 1.807) is 24.1 Å². The first kappa shape index (κ1) is 22.9. The smallest absolute Gasteiger partial charge is 0.261 e. The molecule has 0 spiro atoms. The molecule has 0 aliphatic rings. The number of fused-ring (bicyclic) bond motifs is 1. The second kappa shape index (κ2) is 9.89. The van der Waals surface area contributed by atoms with Crippen molar-refractivity contribution >= 4 is 72.5 Å². The number of carbonyl (C=O) groups is 1. The molecule has 9 heteroatoms. The number of nitrogens with zero attached hydrogens (tertiary/aromatic N) is 3. The van der Waals surface area contributed by atoms with Crippen molar-refractivity contribution in [2.24, 2.45) is 0 Å². The maximum absolute atomic E-state index is 13.3. The Balaban J connectivity index is 0.00000280. The molecule has 0 bridgehead atoms. The van der Waals surface area contributed by atoms with E-state index < -0.39 is 0 Å². The lowest BCUT2D eigenvalue weighted by atomic mass is 10.2. The number of benzene rings is 2. The van der Waals surface area contributed by atoms with E-state index in [-0.39, 0.29) is 18.3 Å². The lowest BCUT2D eigenvalue weighted by Crippen LogP contribution is -2.36. The minimum absolute atomic E-state index is 0. The van der Waals surface area contributed by atoms with Gasteiger partial charge in [0.15, 0.2) is 5.13 Å². The average molecular weight is 505 g/mol. The fourth-order valence-corrected chi connectivity index (χ4v) is 4.10. The molecule has 0 aliphatic heterocycles. The molecule has 1 amide bonds. The Bertz CT molecular complexity index is 981. The van der Waals surface area contributed by atoms with Gasteiger partial charge in [-0.1, -0.05) is 38.9 Å². The molecule has 0 saturated carbocycles. The largest absolute Gasteiger partial charge is 0.497 e. The number of halogens is 3. The quantitative estimate of drug-likeness (QED) is 0.453. The number of thiazole rings is 1. The average Bonchev–Trinajstić information content (AvgIpc) is 3.06. The van der Waals surface area contributed by atoms with Crippen LogP contribution in [0.3, 0.4) is 0 Å². The summed E-state index contributed by atoms with van der Waals surface area (Å²) in [7, 11) is 5.57. The van der Waals surface area contributed by atoms with Gasteiger partial charge in [0.25, 0.3) is 5.91 Å². The Morgan fingerprint density at radius 2 is 1.96 bits per heavy atom. The molecule has 0 saturated heterocycles. The minimum atomic E-state index is -0.172. The zero-order valence-corrected chi connectivity index (χ0v) is 19.6. The summed E-state index contributed by atoms with van der Waals surface area (Å²) in [5.74, 6) is 0.591. The number of hydrogen-bond donors (Lipinski definition) is 0. The van der Waals surface area contributed by atoms with Gasteiger partial charge in [0.1, 0.15) is 5.75 Å². The van der Waals surface area contributed by atoms with E-state index in [9.17, 15) is 4.79 Å². The molecular formula is C19H20BrCl2N3O2S. The van der Waals surface area contributed by atoms with Gasteiger partial charge in [-0.15, -0.1) is 12.4 Å². The number of aromatic nitrogens is 1. The third-order valence-electron chi connectivity index (χ3n) is 3.99. The molecule has 3 rings (SSSR count). The van der Waals surface area contributed by atoms with E-state index in [1.165, 1.54) is 11.3 Å². The van der Waals surface area contributed by atoms with Crippen LogP contribution in [0.1, 0.15) is 10.4 Å². The summed E-state index contributed by atoms with van der Waals surface area (Å²) in [5.41, 5.74) is 1.28. The van der Waals surface area contributed by atoms with Gasteiger partial charge < -0.3 is 9.64 Å². The van der Waals surface area contributed by atoms with E-state index in [2.05, 4.69) is 20.9 Å². The maximum atomic E-state index is 13.3. The fraction of sp³-hybridized carbons (Fsp3) is 0.263. The molecule has 0 aliphatic carbocycles. The molecule has 0 N–H and O–H groups in total. The normalized spacial score (nSPS) is 10.8. The van der Waals surface area contributed by atoms with E-state index in [0.717, 1.165) is 20.4 Å². The third kappa shape index (κ3) is 5.15. The van der Waals surface area contributed by atoms with Crippen LogP contribution in [0.4, 0.5) is 5.13 Å². The van der Waals surface area contributed by atoms with Crippen molar-refractivity contribution in [3.63, 3.8) is 0 Å². The maximum Gasteiger partial charge on any atom is 0.261 e. The number of hydrogen-bond acceptors (Lipinski definition) is 5. The molecule has 150 valence electrons. The topological polar surface area (TPSA) is 45.7 Å². The molecule has 1 heterocycles. The lowest BCUT2D eigenvalue weighted by molar-refractivity contribution is 0.0985. The molecule has 0 radical (unpaired) electrons. The first-order valence-corrected chi connectivity index (χ1v) is 10.2. The summed E-state index contributed by atoms with van der Waals surface area (Å²) in [4.78, 5) is 21.6. The van der Waals surface area contributed by atoms with Crippen molar-refractivity contribution < 1.29 is 9.53 Å².